The van der Waals surface area contributed by atoms with Gasteiger partial charge in [0.15, 0.2) is 11.6 Å². The second-order valence-corrected chi connectivity index (χ2v) is 9.05. The molecule has 1 aliphatic rings. The number of piperazine rings is 1. The molecule has 0 aliphatic carbocycles. The molecule has 0 unspecified atom stereocenters. The Morgan fingerprint density at radius 2 is 1.74 bits per heavy atom. The van der Waals surface area contributed by atoms with Gasteiger partial charge in [0.1, 0.15) is 5.52 Å². The Balaban J connectivity index is 1.63. The summed E-state index contributed by atoms with van der Waals surface area (Å²) in [5, 5.41) is 15.2. The molecule has 2 atom stereocenters. The number of hydrogen-bond acceptors (Lipinski definition) is 5. The van der Waals surface area contributed by atoms with E-state index >= 15 is 0 Å². The lowest BCUT2D eigenvalue weighted by atomic mass is 10.0. The van der Waals surface area contributed by atoms with E-state index in [1.54, 1.807) is 32.4 Å². The van der Waals surface area contributed by atoms with E-state index in [0.29, 0.717) is 35.4 Å². The lowest BCUT2D eigenvalue weighted by Gasteiger charge is -2.38. The van der Waals surface area contributed by atoms with Gasteiger partial charge in [-0.3, -0.25) is 9.36 Å². The molecule has 0 bridgehead atoms. The monoisotopic (exact) mass is 475 g/mol. The van der Waals surface area contributed by atoms with Gasteiger partial charge in [-0.05, 0) is 38.1 Å². The van der Waals surface area contributed by atoms with Crippen LogP contribution < -0.4 is 15.5 Å². The standard InChI is InChI=1S/C23H25F4N7/c1-12-9-34(10-13(2)28-12)16-7-17(23(25,26)27)20-19(8-16)33(4)31-22(20)29-15-5-14-11-32(3)30-21(14)18(24)6-15/h5-8,11-13,28H,9-10H2,1-4H3,(H,29,31)/t12-,13+. The fraction of sp³-hybridized carbons (Fsp3) is 0.391. The third-order valence-corrected chi connectivity index (χ3v) is 6.11. The first-order valence-electron chi connectivity index (χ1n) is 11.0. The van der Waals surface area contributed by atoms with Gasteiger partial charge in [0.05, 0.1) is 16.5 Å². The van der Waals surface area contributed by atoms with Gasteiger partial charge in [0.25, 0.3) is 0 Å². The molecule has 4 aromatic rings. The summed E-state index contributed by atoms with van der Waals surface area (Å²) in [5.41, 5.74) is 0.544. The van der Waals surface area contributed by atoms with Crippen molar-refractivity contribution in [3.8, 4) is 0 Å². The van der Waals surface area contributed by atoms with Crippen LogP contribution in [0.5, 0.6) is 0 Å². The Morgan fingerprint density at radius 1 is 1.03 bits per heavy atom. The van der Waals surface area contributed by atoms with E-state index in [-0.39, 0.29) is 28.8 Å². The Labute approximate surface area is 193 Å². The molecule has 1 fully saturated rings. The van der Waals surface area contributed by atoms with Crippen LogP contribution >= 0.6 is 0 Å². The van der Waals surface area contributed by atoms with Crippen molar-refractivity contribution in [2.45, 2.75) is 32.1 Å². The highest BCUT2D eigenvalue weighted by atomic mass is 19.4. The predicted octanol–water partition coefficient (Wildman–Crippen LogP) is 4.55. The molecule has 7 nitrogen and oxygen atoms in total. The molecule has 5 rings (SSSR count). The molecule has 1 aliphatic heterocycles. The van der Waals surface area contributed by atoms with Crippen molar-refractivity contribution in [3.63, 3.8) is 0 Å². The van der Waals surface area contributed by atoms with Crippen LogP contribution in [0.1, 0.15) is 19.4 Å². The number of rotatable bonds is 3. The van der Waals surface area contributed by atoms with E-state index in [1.165, 1.54) is 21.5 Å². The lowest BCUT2D eigenvalue weighted by Crippen LogP contribution is -2.54. The van der Waals surface area contributed by atoms with Crippen molar-refractivity contribution in [2.24, 2.45) is 14.1 Å². The zero-order valence-electron chi connectivity index (χ0n) is 19.2. The van der Waals surface area contributed by atoms with E-state index in [4.69, 9.17) is 0 Å². The fourth-order valence-corrected chi connectivity index (χ4v) is 4.82. The Kier molecular flexibility index (Phi) is 5.19. The number of halogens is 4. The molecular formula is C23H25F4N7. The largest absolute Gasteiger partial charge is 0.417 e. The molecular weight excluding hydrogens is 450 g/mol. The van der Waals surface area contributed by atoms with E-state index in [9.17, 15) is 17.6 Å². The highest BCUT2D eigenvalue weighted by molar-refractivity contribution is 5.98. The summed E-state index contributed by atoms with van der Waals surface area (Å²) >= 11 is 0. The van der Waals surface area contributed by atoms with Crippen LogP contribution in [-0.2, 0) is 20.3 Å². The van der Waals surface area contributed by atoms with Gasteiger partial charge in [-0.15, -0.1) is 0 Å². The second-order valence-electron chi connectivity index (χ2n) is 9.05. The quantitative estimate of drug-likeness (QED) is 0.426. The van der Waals surface area contributed by atoms with E-state index in [2.05, 4.69) is 20.8 Å². The molecule has 2 aromatic carbocycles. The fourth-order valence-electron chi connectivity index (χ4n) is 4.82. The maximum absolute atomic E-state index is 14.5. The van der Waals surface area contributed by atoms with Crippen LogP contribution in [-0.4, -0.2) is 44.7 Å². The van der Waals surface area contributed by atoms with Gasteiger partial charge in [-0.25, -0.2) is 4.39 Å². The average Bonchev–Trinajstić information content (AvgIpc) is 3.25. The maximum atomic E-state index is 14.5. The molecule has 0 saturated carbocycles. The Hall–Kier alpha value is -3.34. The molecule has 2 N–H and O–H groups in total. The van der Waals surface area contributed by atoms with Gasteiger partial charge < -0.3 is 15.5 Å². The van der Waals surface area contributed by atoms with Crippen LogP contribution in [0.25, 0.3) is 21.8 Å². The molecule has 11 heteroatoms. The smallest absolute Gasteiger partial charge is 0.368 e. The van der Waals surface area contributed by atoms with Crippen molar-refractivity contribution in [2.75, 3.05) is 23.3 Å². The lowest BCUT2D eigenvalue weighted by molar-refractivity contribution is -0.136. The van der Waals surface area contributed by atoms with Crippen molar-refractivity contribution >= 4 is 39.0 Å². The number of aromatic nitrogens is 4. The maximum Gasteiger partial charge on any atom is 0.417 e. The zero-order valence-corrected chi connectivity index (χ0v) is 19.2. The summed E-state index contributed by atoms with van der Waals surface area (Å²) in [6.07, 6.45) is -2.96. The molecule has 2 aromatic heterocycles. The number of benzene rings is 2. The highest BCUT2D eigenvalue weighted by Crippen LogP contribution is 2.42. The van der Waals surface area contributed by atoms with Crippen LogP contribution in [0.15, 0.2) is 30.5 Å². The van der Waals surface area contributed by atoms with Crippen molar-refractivity contribution < 1.29 is 17.6 Å². The van der Waals surface area contributed by atoms with Gasteiger partial charge in [0, 0.05) is 62.2 Å². The first-order chi connectivity index (χ1) is 16.0. The molecule has 0 amide bonds. The number of alkyl halides is 3. The van der Waals surface area contributed by atoms with Gasteiger partial charge in [-0.1, -0.05) is 0 Å². The normalized spacial score (nSPS) is 19.4. The first kappa shape index (κ1) is 22.5. The molecule has 0 radical (unpaired) electrons. The first-order valence-corrected chi connectivity index (χ1v) is 11.0. The van der Waals surface area contributed by atoms with Crippen LogP contribution in [0.4, 0.5) is 34.8 Å². The highest BCUT2D eigenvalue weighted by Gasteiger charge is 2.36. The number of nitrogens with one attached hydrogen (secondary N) is 2. The summed E-state index contributed by atoms with van der Waals surface area (Å²) in [4.78, 5) is 1.96. The van der Waals surface area contributed by atoms with Crippen LogP contribution in [0, 0.1) is 5.82 Å². The number of nitrogens with zero attached hydrogens (tertiary/aromatic N) is 5. The minimum absolute atomic E-state index is 0.0149. The zero-order chi connectivity index (χ0) is 24.4. The molecule has 34 heavy (non-hydrogen) atoms. The molecule has 3 heterocycles. The Morgan fingerprint density at radius 3 is 2.41 bits per heavy atom. The summed E-state index contributed by atoms with van der Waals surface area (Å²) in [7, 11) is 3.28. The Bertz CT molecular complexity index is 1380. The van der Waals surface area contributed by atoms with Crippen molar-refractivity contribution in [3.05, 3.63) is 41.8 Å². The number of aryl methyl sites for hydroxylation is 2. The molecule has 0 spiro atoms. The van der Waals surface area contributed by atoms with Crippen molar-refractivity contribution in [1.82, 2.24) is 24.9 Å². The summed E-state index contributed by atoms with van der Waals surface area (Å²) in [6.45, 7) is 5.22. The topological polar surface area (TPSA) is 62.9 Å². The third kappa shape index (κ3) is 3.93. The van der Waals surface area contributed by atoms with Crippen LogP contribution in [0.2, 0.25) is 0 Å². The predicted molar refractivity (Wildman–Crippen MR) is 124 cm³/mol. The van der Waals surface area contributed by atoms with E-state index in [1.807, 2.05) is 18.7 Å². The van der Waals surface area contributed by atoms with E-state index < -0.39 is 17.6 Å². The second kappa shape index (κ2) is 7.86. The number of fused-ring (bicyclic) bond motifs is 2. The van der Waals surface area contributed by atoms with Crippen LogP contribution in [0.3, 0.4) is 0 Å². The SMILES string of the molecule is C[C@@H]1CN(c2cc(C(F)(F)F)c3c(Nc4cc(F)c5nn(C)cc5c4)nn(C)c3c2)C[C@H](C)N1. The van der Waals surface area contributed by atoms with Gasteiger partial charge in [0.2, 0.25) is 0 Å². The minimum Gasteiger partial charge on any atom is -0.368 e. The van der Waals surface area contributed by atoms with Crippen molar-refractivity contribution in [1.29, 1.82) is 0 Å². The summed E-state index contributed by atoms with van der Waals surface area (Å²) in [6, 6.07) is 6.06. The summed E-state index contributed by atoms with van der Waals surface area (Å²) in [5.74, 6) is -0.554. The molecule has 1 saturated heterocycles. The minimum atomic E-state index is -4.60. The average molecular weight is 475 g/mol. The van der Waals surface area contributed by atoms with Gasteiger partial charge in [-0.2, -0.15) is 23.4 Å². The number of anilines is 3. The molecule has 180 valence electrons. The van der Waals surface area contributed by atoms with E-state index in [0.717, 1.165) is 0 Å². The number of hydrogen-bond donors (Lipinski definition) is 2. The third-order valence-electron chi connectivity index (χ3n) is 6.11. The van der Waals surface area contributed by atoms with Gasteiger partial charge >= 0.3 is 6.18 Å². The summed E-state index contributed by atoms with van der Waals surface area (Å²) < 4.78 is 60.2.